The molecule has 3 nitrogen and oxygen atoms in total. The molecule has 11 heavy (non-hydrogen) atoms. The molecule has 4 heteroatoms. The van der Waals surface area contributed by atoms with Gasteiger partial charge in [0.15, 0.2) is 0 Å². The van der Waals surface area contributed by atoms with E-state index in [2.05, 4.69) is 0 Å². The highest BCUT2D eigenvalue weighted by molar-refractivity contribution is 5.68. The number of likely N-dealkylation sites (tertiary alicyclic amines) is 1. The van der Waals surface area contributed by atoms with Gasteiger partial charge in [0.05, 0.1) is 19.2 Å². The van der Waals surface area contributed by atoms with Crippen molar-refractivity contribution in [2.45, 2.75) is 26.1 Å². The van der Waals surface area contributed by atoms with Gasteiger partial charge in [-0.25, -0.2) is 9.18 Å². The molecule has 1 fully saturated rings. The van der Waals surface area contributed by atoms with E-state index in [1.165, 1.54) is 4.90 Å². The van der Waals surface area contributed by atoms with Crippen LogP contribution >= 0.6 is 0 Å². The fraction of sp³-hybridized carbons (Fsp3) is 0.857. The van der Waals surface area contributed by atoms with Crippen LogP contribution in [0.25, 0.3) is 0 Å². The van der Waals surface area contributed by atoms with Crippen molar-refractivity contribution in [2.24, 2.45) is 0 Å². The van der Waals surface area contributed by atoms with Gasteiger partial charge in [0.25, 0.3) is 0 Å². The van der Waals surface area contributed by atoms with E-state index in [4.69, 9.17) is 4.74 Å². The highest BCUT2D eigenvalue weighted by Gasteiger charge is 2.31. The van der Waals surface area contributed by atoms with Gasteiger partial charge in [-0.3, -0.25) is 0 Å². The Bertz CT molecular complexity index is 155. The van der Waals surface area contributed by atoms with Gasteiger partial charge >= 0.3 is 6.09 Å². The van der Waals surface area contributed by atoms with E-state index in [1.54, 1.807) is 13.8 Å². The molecule has 0 radical (unpaired) electrons. The van der Waals surface area contributed by atoms with Crippen molar-refractivity contribution < 1.29 is 13.9 Å². The first-order valence-electron chi connectivity index (χ1n) is 3.69. The molecule has 0 aromatic carbocycles. The number of ether oxygens (including phenoxy) is 1. The van der Waals surface area contributed by atoms with Gasteiger partial charge in [0, 0.05) is 0 Å². The second-order valence-corrected chi connectivity index (χ2v) is 2.93. The maximum atomic E-state index is 12.2. The third kappa shape index (κ3) is 2.06. The van der Waals surface area contributed by atoms with Crippen LogP contribution in [0, 0.1) is 0 Å². The minimum atomic E-state index is -0.852. The lowest BCUT2D eigenvalue weighted by Crippen LogP contribution is -2.52. The molecule has 0 saturated carbocycles. The lowest BCUT2D eigenvalue weighted by Gasteiger charge is -2.33. The first-order valence-corrected chi connectivity index (χ1v) is 3.69. The number of rotatable bonds is 1. The molecule has 0 bridgehead atoms. The van der Waals surface area contributed by atoms with Crippen molar-refractivity contribution >= 4 is 6.09 Å². The molecular weight excluding hydrogens is 149 g/mol. The Labute approximate surface area is 65.1 Å². The summed E-state index contributed by atoms with van der Waals surface area (Å²) in [5.74, 6) is 0. The Morgan fingerprint density at radius 3 is 2.55 bits per heavy atom. The maximum absolute atomic E-state index is 12.2. The molecule has 0 spiro atoms. The quantitative estimate of drug-likeness (QED) is 0.578. The fourth-order valence-electron chi connectivity index (χ4n) is 0.850. The predicted octanol–water partition coefficient (Wildman–Crippen LogP) is 1.19. The van der Waals surface area contributed by atoms with Crippen molar-refractivity contribution in [3.8, 4) is 0 Å². The number of amides is 1. The molecule has 0 atom stereocenters. The van der Waals surface area contributed by atoms with Crippen molar-refractivity contribution in [1.82, 2.24) is 4.90 Å². The largest absolute Gasteiger partial charge is 0.447 e. The third-order valence-electron chi connectivity index (χ3n) is 1.43. The van der Waals surface area contributed by atoms with Crippen molar-refractivity contribution in [1.29, 1.82) is 0 Å². The van der Waals surface area contributed by atoms with Crippen LogP contribution < -0.4 is 0 Å². The molecule has 1 saturated heterocycles. The van der Waals surface area contributed by atoms with Crippen LogP contribution in [0.3, 0.4) is 0 Å². The number of alkyl halides is 1. The van der Waals surface area contributed by atoms with Gasteiger partial charge in [-0.1, -0.05) is 0 Å². The maximum Gasteiger partial charge on any atom is 0.410 e. The van der Waals surface area contributed by atoms with E-state index in [0.29, 0.717) is 0 Å². The van der Waals surface area contributed by atoms with Gasteiger partial charge in [0.2, 0.25) is 0 Å². The Hall–Kier alpha value is -0.800. The highest BCUT2D eigenvalue weighted by atomic mass is 19.1. The topological polar surface area (TPSA) is 29.5 Å². The molecular formula is C7H12FNO2. The van der Waals surface area contributed by atoms with Gasteiger partial charge in [-0.15, -0.1) is 0 Å². The second kappa shape index (κ2) is 3.07. The SMILES string of the molecule is CC(C)OC(=O)N1CC(F)C1. The van der Waals surface area contributed by atoms with Crippen LogP contribution in [0.2, 0.25) is 0 Å². The number of hydrogen-bond donors (Lipinski definition) is 0. The third-order valence-corrected chi connectivity index (χ3v) is 1.43. The summed E-state index contributed by atoms with van der Waals surface area (Å²) in [6, 6.07) is 0. The number of halogens is 1. The van der Waals surface area contributed by atoms with Crippen LogP contribution in [0.5, 0.6) is 0 Å². The molecule has 0 unspecified atom stereocenters. The Morgan fingerprint density at radius 2 is 2.18 bits per heavy atom. The van der Waals surface area contributed by atoms with E-state index < -0.39 is 12.3 Å². The summed E-state index contributed by atoms with van der Waals surface area (Å²) in [7, 11) is 0. The Balaban J connectivity index is 2.21. The summed E-state index contributed by atoms with van der Waals surface area (Å²) >= 11 is 0. The summed E-state index contributed by atoms with van der Waals surface area (Å²) in [5, 5.41) is 0. The summed E-state index contributed by atoms with van der Waals surface area (Å²) in [5.41, 5.74) is 0. The second-order valence-electron chi connectivity index (χ2n) is 2.93. The number of hydrogen-bond acceptors (Lipinski definition) is 2. The van der Waals surface area contributed by atoms with E-state index in [0.717, 1.165) is 0 Å². The summed E-state index contributed by atoms with van der Waals surface area (Å²) in [6.45, 7) is 3.91. The van der Waals surface area contributed by atoms with Crippen molar-refractivity contribution in [2.75, 3.05) is 13.1 Å². The zero-order chi connectivity index (χ0) is 8.43. The minimum absolute atomic E-state index is 0.124. The van der Waals surface area contributed by atoms with Gasteiger partial charge in [-0.05, 0) is 13.8 Å². The van der Waals surface area contributed by atoms with Crippen LogP contribution in [0.4, 0.5) is 9.18 Å². The van der Waals surface area contributed by atoms with Crippen molar-refractivity contribution in [3.63, 3.8) is 0 Å². The number of nitrogens with zero attached hydrogens (tertiary/aromatic N) is 1. The van der Waals surface area contributed by atoms with Gasteiger partial charge in [0.1, 0.15) is 6.17 Å². The monoisotopic (exact) mass is 161 g/mol. The minimum Gasteiger partial charge on any atom is -0.447 e. The first kappa shape index (κ1) is 8.30. The standard InChI is InChI=1S/C7H12FNO2/c1-5(2)11-7(10)9-3-6(8)4-9/h5-6H,3-4H2,1-2H3. The van der Waals surface area contributed by atoms with E-state index >= 15 is 0 Å². The fourth-order valence-corrected chi connectivity index (χ4v) is 0.850. The molecule has 1 aliphatic rings. The highest BCUT2D eigenvalue weighted by Crippen LogP contribution is 2.12. The predicted molar refractivity (Wildman–Crippen MR) is 38.1 cm³/mol. The molecule has 64 valence electrons. The summed E-state index contributed by atoms with van der Waals surface area (Å²) in [6.07, 6.45) is -1.38. The molecule has 0 N–H and O–H groups in total. The number of carbonyl (C=O) groups excluding carboxylic acids is 1. The average molecular weight is 161 g/mol. The Kier molecular flexibility index (Phi) is 2.31. The van der Waals surface area contributed by atoms with E-state index in [-0.39, 0.29) is 19.2 Å². The molecule has 0 aromatic rings. The Morgan fingerprint density at radius 1 is 1.64 bits per heavy atom. The van der Waals surface area contributed by atoms with Crippen molar-refractivity contribution in [3.05, 3.63) is 0 Å². The van der Waals surface area contributed by atoms with Crippen LogP contribution in [-0.2, 0) is 4.74 Å². The zero-order valence-corrected chi connectivity index (χ0v) is 6.71. The van der Waals surface area contributed by atoms with Crippen LogP contribution in [0.1, 0.15) is 13.8 Å². The molecule has 0 aromatic heterocycles. The summed E-state index contributed by atoms with van der Waals surface area (Å²) in [4.78, 5) is 12.3. The molecule has 1 rings (SSSR count). The van der Waals surface area contributed by atoms with E-state index in [9.17, 15) is 9.18 Å². The van der Waals surface area contributed by atoms with Crippen LogP contribution in [-0.4, -0.2) is 36.4 Å². The zero-order valence-electron chi connectivity index (χ0n) is 6.71. The smallest absolute Gasteiger partial charge is 0.410 e. The van der Waals surface area contributed by atoms with Crippen LogP contribution in [0.15, 0.2) is 0 Å². The lowest BCUT2D eigenvalue weighted by molar-refractivity contribution is 0.0247. The number of carbonyl (C=O) groups is 1. The average Bonchev–Trinajstić information content (AvgIpc) is 1.79. The first-order chi connectivity index (χ1) is 5.09. The molecule has 1 aliphatic heterocycles. The molecule has 1 amide bonds. The molecule has 1 heterocycles. The molecule has 0 aliphatic carbocycles. The lowest BCUT2D eigenvalue weighted by atomic mass is 10.2. The summed E-state index contributed by atoms with van der Waals surface area (Å²) < 4.78 is 17.0. The van der Waals surface area contributed by atoms with Gasteiger partial charge in [-0.2, -0.15) is 0 Å². The normalized spacial score (nSPS) is 18.4. The van der Waals surface area contributed by atoms with Gasteiger partial charge < -0.3 is 9.64 Å². The van der Waals surface area contributed by atoms with E-state index in [1.807, 2.05) is 0 Å².